The number of aromatic nitrogens is 4. The van der Waals surface area contributed by atoms with Gasteiger partial charge in [0.2, 0.25) is 5.89 Å². The topological polar surface area (TPSA) is 86.4 Å². The Morgan fingerprint density at radius 2 is 1.88 bits per heavy atom. The van der Waals surface area contributed by atoms with Crippen LogP contribution in [0.1, 0.15) is 24.6 Å². The van der Waals surface area contributed by atoms with Gasteiger partial charge >= 0.3 is 18.1 Å². The summed E-state index contributed by atoms with van der Waals surface area (Å²) in [5, 5.41) is 6.46. The molecule has 0 amide bonds. The molecule has 0 atom stereocenters. The molecule has 0 unspecified atom stereocenters. The number of hydrogen-bond acceptors (Lipinski definition) is 8. The van der Waals surface area contributed by atoms with Crippen molar-refractivity contribution < 1.29 is 27.1 Å². The highest BCUT2D eigenvalue weighted by Crippen LogP contribution is 2.28. The zero-order valence-electron chi connectivity index (χ0n) is 13.4. The van der Waals surface area contributed by atoms with Crippen LogP contribution in [0.5, 0.6) is 11.8 Å². The molecule has 1 saturated heterocycles. The van der Waals surface area contributed by atoms with Gasteiger partial charge in [-0.2, -0.15) is 23.1 Å². The van der Waals surface area contributed by atoms with Crippen LogP contribution in [0.15, 0.2) is 16.8 Å². The second-order valence-corrected chi connectivity index (χ2v) is 5.50. The largest absolute Gasteiger partial charge is 0.494 e. The number of hydrogen-bond donors (Lipinski definition) is 0. The van der Waals surface area contributed by atoms with Crippen LogP contribution in [0, 0.1) is 0 Å². The number of piperidine rings is 1. The Balaban J connectivity index is 1.47. The molecule has 11 heteroatoms. The summed E-state index contributed by atoms with van der Waals surface area (Å²) in [4.78, 5) is 10.0. The monoisotopic (exact) mass is 359 g/mol. The molecule has 0 spiro atoms. The number of alkyl halides is 3. The number of ether oxygens (including phenoxy) is 2. The highest BCUT2D eigenvalue weighted by molar-refractivity contribution is 5.13. The molecule has 8 nitrogen and oxygen atoms in total. The lowest BCUT2D eigenvalue weighted by Gasteiger charge is -2.30. The maximum absolute atomic E-state index is 12.4. The van der Waals surface area contributed by atoms with Crippen molar-refractivity contribution in [3.8, 4) is 11.8 Å². The fourth-order valence-electron chi connectivity index (χ4n) is 2.43. The lowest BCUT2D eigenvalue weighted by atomic mass is 10.1. The van der Waals surface area contributed by atoms with Gasteiger partial charge in [-0.25, -0.2) is 0 Å². The van der Waals surface area contributed by atoms with Gasteiger partial charge in [-0.3, -0.25) is 4.90 Å². The summed E-state index contributed by atoms with van der Waals surface area (Å²) in [6.07, 6.45) is -0.259. The molecular formula is C14H16F3N5O3. The number of likely N-dealkylation sites (tertiary alicyclic amines) is 1. The highest BCUT2D eigenvalue weighted by atomic mass is 19.4. The molecule has 1 fully saturated rings. The van der Waals surface area contributed by atoms with Crippen molar-refractivity contribution in [2.24, 2.45) is 0 Å². The number of methoxy groups -OCH3 is 1. The second-order valence-electron chi connectivity index (χ2n) is 5.50. The van der Waals surface area contributed by atoms with Gasteiger partial charge in [0.1, 0.15) is 6.10 Å². The first kappa shape index (κ1) is 17.4. The van der Waals surface area contributed by atoms with Gasteiger partial charge in [-0.05, 0) is 12.8 Å². The molecule has 3 heterocycles. The number of halogens is 3. The Labute approximate surface area is 141 Å². The molecule has 1 aliphatic rings. The fraction of sp³-hybridized carbons (Fsp3) is 0.571. The van der Waals surface area contributed by atoms with Crippen molar-refractivity contribution in [2.45, 2.75) is 31.7 Å². The van der Waals surface area contributed by atoms with E-state index in [1.807, 2.05) is 4.90 Å². The zero-order chi connectivity index (χ0) is 17.9. The molecule has 2 aromatic heterocycles. The lowest BCUT2D eigenvalue weighted by molar-refractivity contribution is -0.157. The Hall–Kier alpha value is -2.43. The first-order valence-corrected chi connectivity index (χ1v) is 7.58. The van der Waals surface area contributed by atoms with E-state index >= 15 is 0 Å². The molecule has 1 aliphatic heterocycles. The van der Waals surface area contributed by atoms with Crippen LogP contribution >= 0.6 is 0 Å². The van der Waals surface area contributed by atoms with E-state index in [9.17, 15) is 13.2 Å². The summed E-state index contributed by atoms with van der Waals surface area (Å²) in [5.74, 6) is -0.831. The van der Waals surface area contributed by atoms with Crippen LogP contribution < -0.4 is 9.47 Å². The van der Waals surface area contributed by atoms with Crippen molar-refractivity contribution in [1.82, 2.24) is 25.1 Å². The van der Waals surface area contributed by atoms with Crippen LogP contribution in [0.3, 0.4) is 0 Å². The first-order chi connectivity index (χ1) is 11.9. The molecule has 0 aliphatic carbocycles. The van der Waals surface area contributed by atoms with Gasteiger partial charge in [-0.15, -0.1) is 10.2 Å². The van der Waals surface area contributed by atoms with E-state index in [1.54, 1.807) is 0 Å². The zero-order valence-corrected chi connectivity index (χ0v) is 13.4. The smallest absolute Gasteiger partial charge is 0.470 e. The van der Waals surface area contributed by atoms with Crippen molar-refractivity contribution in [3.63, 3.8) is 0 Å². The molecule has 3 rings (SSSR count). The van der Waals surface area contributed by atoms with Crippen molar-refractivity contribution in [1.29, 1.82) is 0 Å². The summed E-state index contributed by atoms with van der Waals surface area (Å²) in [7, 11) is 1.52. The van der Waals surface area contributed by atoms with Crippen LogP contribution in [0.4, 0.5) is 13.2 Å². The van der Waals surface area contributed by atoms with Gasteiger partial charge < -0.3 is 13.9 Å². The van der Waals surface area contributed by atoms with Gasteiger partial charge in [0, 0.05) is 13.1 Å². The average molecular weight is 359 g/mol. The summed E-state index contributed by atoms with van der Waals surface area (Å²) in [5.41, 5.74) is 0. The maximum Gasteiger partial charge on any atom is 0.470 e. The van der Waals surface area contributed by atoms with Crippen molar-refractivity contribution in [3.05, 3.63) is 24.2 Å². The van der Waals surface area contributed by atoms with E-state index in [2.05, 4.69) is 24.6 Å². The van der Waals surface area contributed by atoms with Crippen molar-refractivity contribution >= 4 is 0 Å². The fourth-order valence-corrected chi connectivity index (χ4v) is 2.43. The standard InChI is InChI=1S/C14H16F3N5O3/c1-23-10-6-18-13(19-7-10)24-9-2-4-22(5-3-9)8-11-20-21-12(25-11)14(15,16)17/h6-7,9H,2-5,8H2,1H3. The summed E-state index contributed by atoms with van der Waals surface area (Å²) in [6, 6.07) is 0.269. The van der Waals surface area contributed by atoms with E-state index in [1.165, 1.54) is 19.5 Å². The third-order valence-electron chi connectivity index (χ3n) is 3.72. The summed E-state index contributed by atoms with van der Waals surface area (Å²) >= 11 is 0. The molecule has 0 N–H and O–H groups in total. The normalized spacial score (nSPS) is 16.8. The Morgan fingerprint density at radius 3 is 2.44 bits per heavy atom. The van der Waals surface area contributed by atoms with Crippen LogP contribution in [-0.2, 0) is 12.7 Å². The quantitative estimate of drug-likeness (QED) is 0.800. The minimum absolute atomic E-state index is 0.0508. The predicted molar refractivity (Wildman–Crippen MR) is 76.8 cm³/mol. The van der Waals surface area contributed by atoms with Gasteiger partial charge in [0.15, 0.2) is 5.75 Å². The molecule has 0 radical (unpaired) electrons. The van der Waals surface area contributed by atoms with E-state index in [-0.39, 0.29) is 24.5 Å². The van der Waals surface area contributed by atoms with E-state index in [4.69, 9.17) is 9.47 Å². The average Bonchev–Trinajstić information content (AvgIpc) is 3.06. The van der Waals surface area contributed by atoms with Crippen LogP contribution in [0.2, 0.25) is 0 Å². The third-order valence-corrected chi connectivity index (χ3v) is 3.72. The van der Waals surface area contributed by atoms with Crippen molar-refractivity contribution in [2.75, 3.05) is 20.2 Å². The molecule has 0 aromatic carbocycles. The molecular weight excluding hydrogens is 343 g/mol. The van der Waals surface area contributed by atoms with E-state index in [0.29, 0.717) is 31.7 Å². The van der Waals surface area contributed by atoms with Gasteiger partial charge in [-0.1, -0.05) is 0 Å². The molecule has 25 heavy (non-hydrogen) atoms. The Kier molecular flexibility index (Phi) is 5.02. The molecule has 2 aromatic rings. The lowest BCUT2D eigenvalue weighted by Crippen LogP contribution is -2.38. The van der Waals surface area contributed by atoms with E-state index in [0.717, 1.165) is 0 Å². The number of nitrogens with zero attached hydrogens (tertiary/aromatic N) is 5. The van der Waals surface area contributed by atoms with Crippen LogP contribution in [0.25, 0.3) is 0 Å². The van der Waals surface area contributed by atoms with E-state index < -0.39 is 12.1 Å². The second kappa shape index (κ2) is 7.21. The first-order valence-electron chi connectivity index (χ1n) is 7.58. The Bertz CT molecular complexity index is 684. The Morgan fingerprint density at radius 1 is 1.20 bits per heavy atom. The maximum atomic E-state index is 12.4. The minimum atomic E-state index is -4.62. The van der Waals surface area contributed by atoms with Gasteiger partial charge in [0.05, 0.1) is 26.0 Å². The molecule has 136 valence electrons. The summed E-state index contributed by atoms with van der Waals surface area (Å²) < 4.78 is 52.6. The summed E-state index contributed by atoms with van der Waals surface area (Å²) in [6.45, 7) is 1.43. The molecule has 0 saturated carbocycles. The third kappa shape index (κ3) is 4.56. The van der Waals surface area contributed by atoms with Gasteiger partial charge in [0.25, 0.3) is 0 Å². The minimum Gasteiger partial charge on any atom is -0.494 e. The number of rotatable bonds is 5. The predicted octanol–water partition coefficient (Wildman–Crippen LogP) is 1.93. The van der Waals surface area contributed by atoms with Crippen LogP contribution in [-0.4, -0.2) is 51.4 Å². The highest BCUT2D eigenvalue weighted by Gasteiger charge is 2.38. The molecule has 0 bridgehead atoms. The SMILES string of the molecule is COc1cnc(OC2CCN(Cc3nnc(C(F)(F)F)o3)CC2)nc1.